The van der Waals surface area contributed by atoms with E-state index in [1.54, 1.807) is 24.3 Å². The first-order valence-electron chi connectivity index (χ1n) is 11.6. The van der Waals surface area contributed by atoms with Crippen LogP contribution in [0.15, 0.2) is 47.4 Å². The summed E-state index contributed by atoms with van der Waals surface area (Å²) in [7, 11) is -3.78. The number of carbonyl (C=O) groups excluding carboxylic acids is 2. The van der Waals surface area contributed by atoms with E-state index in [-0.39, 0.29) is 29.3 Å². The van der Waals surface area contributed by atoms with Gasteiger partial charge >= 0.3 is 5.97 Å². The molecular formula is C25H30N2O6S. The van der Waals surface area contributed by atoms with E-state index in [9.17, 15) is 18.0 Å². The number of aryl methyl sites for hydroxylation is 1. The molecule has 2 aliphatic heterocycles. The molecule has 0 spiro atoms. The standard InChI is InChI=1S/C25H30N2O6S/c1-19-5-7-20(8-6-19)24(28)18-33-25(29)22-17-21(34(30,31)27-13-15-32-16-14-27)9-10-23(22)26-11-3-2-4-12-26/h5-10,17H,2-4,11-16,18H2,1H3. The largest absolute Gasteiger partial charge is 0.454 e. The van der Waals surface area contributed by atoms with Crippen molar-refractivity contribution in [1.82, 2.24) is 4.31 Å². The Morgan fingerprint density at radius 3 is 2.29 bits per heavy atom. The van der Waals surface area contributed by atoms with Gasteiger partial charge in [-0.05, 0) is 44.4 Å². The summed E-state index contributed by atoms with van der Waals surface area (Å²) >= 11 is 0. The summed E-state index contributed by atoms with van der Waals surface area (Å²) in [5.41, 5.74) is 2.28. The average Bonchev–Trinajstić information content (AvgIpc) is 2.88. The SMILES string of the molecule is Cc1ccc(C(=O)COC(=O)c2cc(S(=O)(=O)N3CCOCC3)ccc2N2CCCCC2)cc1. The first-order chi connectivity index (χ1) is 16.4. The average molecular weight is 487 g/mol. The van der Waals surface area contributed by atoms with Crippen LogP contribution < -0.4 is 4.90 Å². The summed E-state index contributed by atoms with van der Waals surface area (Å²) in [6, 6.07) is 11.6. The predicted octanol–water partition coefficient (Wildman–Crippen LogP) is 3.05. The van der Waals surface area contributed by atoms with Gasteiger partial charge in [0.25, 0.3) is 0 Å². The van der Waals surface area contributed by atoms with E-state index in [1.165, 1.54) is 10.4 Å². The lowest BCUT2D eigenvalue weighted by Crippen LogP contribution is -2.40. The second-order valence-corrected chi connectivity index (χ2v) is 10.5. The van der Waals surface area contributed by atoms with Crippen LogP contribution in [0.2, 0.25) is 0 Å². The Morgan fingerprint density at radius 2 is 1.62 bits per heavy atom. The van der Waals surface area contributed by atoms with Crippen molar-refractivity contribution >= 4 is 27.5 Å². The van der Waals surface area contributed by atoms with Crippen LogP contribution in [0.4, 0.5) is 5.69 Å². The highest BCUT2D eigenvalue weighted by atomic mass is 32.2. The van der Waals surface area contributed by atoms with Crippen molar-refractivity contribution in [1.29, 1.82) is 0 Å². The zero-order valence-corrected chi connectivity index (χ0v) is 20.2. The molecule has 2 aliphatic rings. The third kappa shape index (κ3) is 5.48. The van der Waals surface area contributed by atoms with E-state index in [2.05, 4.69) is 4.90 Å². The zero-order chi connectivity index (χ0) is 24.1. The minimum Gasteiger partial charge on any atom is -0.454 e. The molecule has 0 saturated carbocycles. The van der Waals surface area contributed by atoms with Gasteiger partial charge in [0.15, 0.2) is 12.4 Å². The van der Waals surface area contributed by atoms with Gasteiger partial charge in [0.2, 0.25) is 10.0 Å². The quantitative estimate of drug-likeness (QED) is 0.439. The second-order valence-electron chi connectivity index (χ2n) is 8.61. The van der Waals surface area contributed by atoms with Gasteiger partial charge in [0, 0.05) is 31.7 Å². The fourth-order valence-electron chi connectivity index (χ4n) is 4.22. The van der Waals surface area contributed by atoms with Crippen LogP contribution in [0.5, 0.6) is 0 Å². The van der Waals surface area contributed by atoms with Crippen molar-refractivity contribution in [3.05, 3.63) is 59.2 Å². The van der Waals surface area contributed by atoms with Crippen molar-refractivity contribution in [2.75, 3.05) is 50.9 Å². The van der Waals surface area contributed by atoms with E-state index < -0.39 is 22.6 Å². The van der Waals surface area contributed by atoms with Crippen LogP contribution in [0.1, 0.15) is 45.5 Å². The number of esters is 1. The number of Topliss-reactive ketones (excluding diaryl/α,β-unsaturated/α-hetero) is 1. The molecule has 2 aromatic carbocycles. The number of hydrogen-bond donors (Lipinski definition) is 0. The van der Waals surface area contributed by atoms with Gasteiger partial charge in [0.1, 0.15) is 0 Å². The molecule has 0 aromatic heterocycles. The highest BCUT2D eigenvalue weighted by Crippen LogP contribution is 2.29. The number of piperidine rings is 1. The zero-order valence-electron chi connectivity index (χ0n) is 19.4. The molecule has 9 heteroatoms. The molecule has 0 bridgehead atoms. The molecule has 0 unspecified atom stereocenters. The summed E-state index contributed by atoms with van der Waals surface area (Å²) in [5.74, 6) is -1.02. The minimum absolute atomic E-state index is 0.0342. The van der Waals surface area contributed by atoms with Gasteiger partial charge in [-0.25, -0.2) is 13.2 Å². The maximum Gasteiger partial charge on any atom is 0.340 e. The van der Waals surface area contributed by atoms with Crippen LogP contribution in [-0.2, 0) is 19.5 Å². The van der Waals surface area contributed by atoms with Gasteiger partial charge in [-0.3, -0.25) is 4.79 Å². The number of rotatable bonds is 7. The molecule has 2 heterocycles. The lowest BCUT2D eigenvalue weighted by molar-refractivity contribution is 0.0475. The number of ketones is 1. The van der Waals surface area contributed by atoms with Crippen LogP contribution in [0.25, 0.3) is 0 Å². The molecule has 0 radical (unpaired) electrons. The number of anilines is 1. The summed E-state index contributed by atoms with van der Waals surface area (Å²) in [5, 5.41) is 0. The lowest BCUT2D eigenvalue weighted by atomic mass is 10.1. The van der Waals surface area contributed by atoms with Crippen LogP contribution in [0.3, 0.4) is 0 Å². The van der Waals surface area contributed by atoms with Gasteiger partial charge in [-0.15, -0.1) is 0 Å². The van der Waals surface area contributed by atoms with Crippen molar-refractivity contribution < 1.29 is 27.5 Å². The fraction of sp³-hybridized carbons (Fsp3) is 0.440. The second kappa shape index (κ2) is 10.7. The summed E-state index contributed by atoms with van der Waals surface area (Å²) in [4.78, 5) is 27.7. The van der Waals surface area contributed by atoms with E-state index in [4.69, 9.17) is 9.47 Å². The molecule has 2 aromatic rings. The highest BCUT2D eigenvalue weighted by Gasteiger charge is 2.29. The Balaban J connectivity index is 1.59. The summed E-state index contributed by atoms with van der Waals surface area (Å²) in [6.45, 7) is 4.26. The third-order valence-electron chi connectivity index (χ3n) is 6.20. The van der Waals surface area contributed by atoms with Crippen LogP contribution in [0, 0.1) is 6.92 Å². The topological polar surface area (TPSA) is 93.2 Å². The molecule has 8 nitrogen and oxygen atoms in total. The molecule has 0 aliphatic carbocycles. The van der Waals surface area contributed by atoms with Gasteiger partial charge in [-0.2, -0.15) is 4.31 Å². The Kier molecular flexibility index (Phi) is 7.65. The van der Waals surface area contributed by atoms with E-state index >= 15 is 0 Å². The summed E-state index contributed by atoms with van der Waals surface area (Å²) < 4.78 is 38.4. The monoisotopic (exact) mass is 486 g/mol. The molecule has 0 N–H and O–H groups in total. The number of carbonyl (C=O) groups is 2. The molecule has 2 fully saturated rings. The number of morpholine rings is 1. The lowest BCUT2D eigenvalue weighted by Gasteiger charge is -2.31. The number of hydrogen-bond acceptors (Lipinski definition) is 7. The number of nitrogens with zero attached hydrogens (tertiary/aromatic N) is 2. The highest BCUT2D eigenvalue weighted by molar-refractivity contribution is 7.89. The minimum atomic E-state index is -3.78. The van der Waals surface area contributed by atoms with Gasteiger partial charge in [0.05, 0.1) is 29.4 Å². The Bertz CT molecular complexity index is 1130. The Hall–Kier alpha value is -2.75. The molecule has 182 valence electrons. The van der Waals surface area contributed by atoms with Crippen LogP contribution >= 0.6 is 0 Å². The molecule has 34 heavy (non-hydrogen) atoms. The normalized spacial score (nSPS) is 17.4. The summed E-state index contributed by atoms with van der Waals surface area (Å²) in [6.07, 6.45) is 3.10. The Labute approximate surface area is 200 Å². The molecule has 0 atom stereocenters. The van der Waals surface area contributed by atoms with Gasteiger partial charge < -0.3 is 14.4 Å². The number of ether oxygens (including phenoxy) is 2. The first-order valence-corrected chi connectivity index (χ1v) is 13.0. The van der Waals surface area contributed by atoms with Gasteiger partial charge in [-0.1, -0.05) is 29.8 Å². The molecule has 2 saturated heterocycles. The van der Waals surface area contributed by atoms with Crippen molar-refractivity contribution in [3.63, 3.8) is 0 Å². The van der Waals surface area contributed by atoms with Crippen molar-refractivity contribution in [3.8, 4) is 0 Å². The third-order valence-corrected chi connectivity index (χ3v) is 8.10. The number of sulfonamides is 1. The van der Waals surface area contributed by atoms with Crippen molar-refractivity contribution in [2.45, 2.75) is 31.1 Å². The molecule has 4 rings (SSSR count). The van der Waals surface area contributed by atoms with E-state index in [1.807, 2.05) is 19.1 Å². The van der Waals surface area contributed by atoms with E-state index in [0.717, 1.165) is 37.9 Å². The Morgan fingerprint density at radius 1 is 0.941 bits per heavy atom. The maximum absolute atomic E-state index is 13.2. The molecular weight excluding hydrogens is 456 g/mol. The first kappa shape index (κ1) is 24.4. The predicted molar refractivity (Wildman–Crippen MR) is 128 cm³/mol. The van der Waals surface area contributed by atoms with Crippen LogP contribution in [-0.4, -0.2) is 70.5 Å². The fourth-order valence-corrected chi connectivity index (χ4v) is 5.65. The molecule has 0 amide bonds. The maximum atomic E-state index is 13.2. The van der Waals surface area contributed by atoms with E-state index in [0.29, 0.717) is 24.5 Å². The number of benzene rings is 2. The van der Waals surface area contributed by atoms with Crippen molar-refractivity contribution in [2.24, 2.45) is 0 Å². The smallest absolute Gasteiger partial charge is 0.340 e.